The smallest absolute Gasteiger partial charge is 0.236 e. The van der Waals surface area contributed by atoms with E-state index in [4.69, 9.17) is 4.74 Å². The molecular formula is C21H26FN3O2. The Morgan fingerprint density at radius 2 is 1.81 bits per heavy atom. The lowest BCUT2D eigenvalue weighted by atomic mass is 10.2. The first-order chi connectivity index (χ1) is 13.0. The summed E-state index contributed by atoms with van der Waals surface area (Å²) in [6.07, 6.45) is 0. The summed E-state index contributed by atoms with van der Waals surface area (Å²) in [6, 6.07) is 14.4. The molecule has 0 atom stereocenters. The molecule has 0 spiro atoms. The van der Waals surface area contributed by atoms with Gasteiger partial charge in [-0.3, -0.25) is 9.69 Å². The van der Waals surface area contributed by atoms with Crippen LogP contribution in [0.25, 0.3) is 0 Å². The van der Waals surface area contributed by atoms with Gasteiger partial charge in [-0.25, -0.2) is 4.39 Å². The number of likely N-dealkylation sites (N-methyl/N-ethyl adjacent to an activating group) is 1. The first-order valence-electron chi connectivity index (χ1n) is 9.15. The summed E-state index contributed by atoms with van der Waals surface area (Å²) in [6.45, 7) is 3.96. The van der Waals surface area contributed by atoms with Crippen molar-refractivity contribution in [1.29, 1.82) is 0 Å². The van der Waals surface area contributed by atoms with E-state index in [2.05, 4.69) is 4.90 Å². The van der Waals surface area contributed by atoms with Crippen LogP contribution in [0.1, 0.15) is 5.56 Å². The second-order valence-corrected chi connectivity index (χ2v) is 6.87. The summed E-state index contributed by atoms with van der Waals surface area (Å²) < 4.78 is 18.3. The number of hydrogen-bond donors (Lipinski definition) is 0. The van der Waals surface area contributed by atoms with Gasteiger partial charge in [0.15, 0.2) is 0 Å². The van der Waals surface area contributed by atoms with Crippen LogP contribution >= 0.6 is 0 Å². The number of hydrogen-bond acceptors (Lipinski definition) is 4. The fourth-order valence-corrected chi connectivity index (χ4v) is 3.34. The second-order valence-electron chi connectivity index (χ2n) is 6.87. The van der Waals surface area contributed by atoms with Crippen LogP contribution < -0.4 is 9.64 Å². The molecule has 5 nitrogen and oxygen atoms in total. The van der Waals surface area contributed by atoms with Gasteiger partial charge in [0.25, 0.3) is 0 Å². The van der Waals surface area contributed by atoms with Crippen molar-refractivity contribution in [3.63, 3.8) is 0 Å². The lowest BCUT2D eigenvalue weighted by molar-refractivity contribution is -0.132. The number of amides is 1. The lowest BCUT2D eigenvalue weighted by Crippen LogP contribution is -2.51. The predicted octanol–water partition coefficient (Wildman–Crippen LogP) is 2.61. The third-order valence-corrected chi connectivity index (χ3v) is 4.82. The van der Waals surface area contributed by atoms with Crippen molar-refractivity contribution in [1.82, 2.24) is 9.80 Å². The number of benzene rings is 2. The molecule has 27 heavy (non-hydrogen) atoms. The van der Waals surface area contributed by atoms with Gasteiger partial charge in [0.05, 0.1) is 13.7 Å². The molecule has 0 saturated carbocycles. The predicted molar refractivity (Wildman–Crippen MR) is 105 cm³/mol. The van der Waals surface area contributed by atoms with Crippen LogP contribution in [0.3, 0.4) is 0 Å². The minimum Gasteiger partial charge on any atom is -0.497 e. The van der Waals surface area contributed by atoms with Gasteiger partial charge in [-0.2, -0.15) is 0 Å². The highest BCUT2D eigenvalue weighted by atomic mass is 19.1. The van der Waals surface area contributed by atoms with E-state index >= 15 is 0 Å². The van der Waals surface area contributed by atoms with Gasteiger partial charge >= 0.3 is 0 Å². The van der Waals surface area contributed by atoms with E-state index in [1.165, 1.54) is 12.1 Å². The standard InChI is InChI=1S/C21H26FN3O2/c1-23(15-17-4-3-5-20(14-17)27-2)16-21(26)25-12-10-24(11-13-25)19-8-6-18(22)7-9-19/h3-9,14H,10-13,15-16H2,1-2H3. The zero-order valence-corrected chi connectivity index (χ0v) is 15.9. The highest BCUT2D eigenvalue weighted by Gasteiger charge is 2.22. The number of carbonyl (C=O) groups excluding carboxylic acids is 1. The Labute approximate surface area is 159 Å². The van der Waals surface area contributed by atoms with E-state index < -0.39 is 0 Å². The molecule has 0 bridgehead atoms. The van der Waals surface area contributed by atoms with E-state index in [1.807, 2.05) is 41.1 Å². The molecule has 0 N–H and O–H groups in total. The fourth-order valence-electron chi connectivity index (χ4n) is 3.34. The maximum atomic E-state index is 13.1. The zero-order valence-electron chi connectivity index (χ0n) is 15.9. The van der Waals surface area contributed by atoms with Crippen LogP contribution in [0.4, 0.5) is 10.1 Å². The molecule has 1 aliphatic rings. The summed E-state index contributed by atoms with van der Waals surface area (Å²) in [4.78, 5) is 18.7. The first kappa shape index (κ1) is 19.2. The molecule has 0 aromatic heterocycles. The number of piperazine rings is 1. The number of carbonyl (C=O) groups is 1. The Bertz CT molecular complexity index is 758. The Balaban J connectivity index is 1.48. The summed E-state index contributed by atoms with van der Waals surface area (Å²) in [7, 11) is 3.60. The van der Waals surface area contributed by atoms with Crippen LogP contribution in [0.2, 0.25) is 0 Å². The van der Waals surface area contributed by atoms with Gasteiger partial charge in [0, 0.05) is 38.4 Å². The number of nitrogens with zero attached hydrogens (tertiary/aromatic N) is 3. The van der Waals surface area contributed by atoms with E-state index in [-0.39, 0.29) is 11.7 Å². The molecule has 1 saturated heterocycles. The minimum atomic E-state index is -0.230. The fraction of sp³-hybridized carbons (Fsp3) is 0.381. The summed E-state index contributed by atoms with van der Waals surface area (Å²) in [5.41, 5.74) is 2.12. The highest BCUT2D eigenvalue weighted by molar-refractivity contribution is 5.78. The maximum Gasteiger partial charge on any atom is 0.236 e. The molecular weight excluding hydrogens is 345 g/mol. The van der Waals surface area contributed by atoms with E-state index in [9.17, 15) is 9.18 Å². The molecule has 3 rings (SSSR count). The maximum absolute atomic E-state index is 13.1. The molecule has 2 aromatic rings. The van der Waals surface area contributed by atoms with E-state index in [0.29, 0.717) is 26.2 Å². The average Bonchev–Trinajstić information content (AvgIpc) is 2.68. The van der Waals surface area contributed by atoms with Crippen molar-refractivity contribution in [3.05, 3.63) is 59.9 Å². The van der Waals surface area contributed by atoms with Crippen molar-refractivity contribution in [2.24, 2.45) is 0 Å². The van der Waals surface area contributed by atoms with Crippen LogP contribution in [-0.4, -0.2) is 62.6 Å². The monoisotopic (exact) mass is 371 g/mol. The Morgan fingerprint density at radius 3 is 2.48 bits per heavy atom. The lowest BCUT2D eigenvalue weighted by Gasteiger charge is -2.36. The van der Waals surface area contributed by atoms with Gasteiger partial charge in [-0.15, -0.1) is 0 Å². The van der Waals surface area contributed by atoms with Gasteiger partial charge < -0.3 is 14.5 Å². The van der Waals surface area contributed by atoms with Crippen LogP contribution in [0.15, 0.2) is 48.5 Å². The van der Waals surface area contributed by atoms with Crippen molar-refractivity contribution < 1.29 is 13.9 Å². The largest absolute Gasteiger partial charge is 0.497 e. The van der Waals surface area contributed by atoms with Gasteiger partial charge in [0.1, 0.15) is 11.6 Å². The Kier molecular flexibility index (Phi) is 6.29. The molecule has 144 valence electrons. The third-order valence-electron chi connectivity index (χ3n) is 4.82. The summed E-state index contributed by atoms with van der Waals surface area (Å²) >= 11 is 0. The van der Waals surface area contributed by atoms with Gasteiger partial charge in [0.2, 0.25) is 5.91 Å². The molecule has 0 radical (unpaired) electrons. The molecule has 1 aliphatic heterocycles. The quantitative estimate of drug-likeness (QED) is 0.782. The van der Waals surface area contributed by atoms with Gasteiger partial charge in [-0.05, 0) is 49.0 Å². The molecule has 1 fully saturated rings. The number of ether oxygens (including phenoxy) is 1. The van der Waals surface area contributed by atoms with E-state index in [1.54, 1.807) is 19.2 Å². The Hall–Kier alpha value is -2.60. The average molecular weight is 371 g/mol. The molecule has 0 unspecified atom stereocenters. The number of methoxy groups -OCH3 is 1. The molecule has 0 aliphatic carbocycles. The molecule has 1 amide bonds. The number of halogens is 1. The van der Waals surface area contributed by atoms with Crippen molar-refractivity contribution in [2.45, 2.75) is 6.54 Å². The van der Waals surface area contributed by atoms with Gasteiger partial charge in [-0.1, -0.05) is 12.1 Å². The van der Waals surface area contributed by atoms with Crippen LogP contribution in [0, 0.1) is 5.82 Å². The van der Waals surface area contributed by atoms with Crippen molar-refractivity contribution in [2.75, 3.05) is 51.8 Å². The SMILES string of the molecule is COc1cccc(CN(C)CC(=O)N2CCN(c3ccc(F)cc3)CC2)c1. The Morgan fingerprint density at radius 1 is 1.11 bits per heavy atom. The molecule has 2 aromatic carbocycles. The summed E-state index contributed by atoms with van der Waals surface area (Å²) in [5.74, 6) is 0.731. The first-order valence-corrected chi connectivity index (χ1v) is 9.15. The van der Waals surface area contributed by atoms with Crippen molar-refractivity contribution >= 4 is 11.6 Å². The highest BCUT2D eigenvalue weighted by Crippen LogP contribution is 2.17. The zero-order chi connectivity index (χ0) is 19.2. The molecule has 6 heteroatoms. The van der Waals surface area contributed by atoms with E-state index in [0.717, 1.165) is 30.1 Å². The topological polar surface area (TPSA) is 36.0 Å². The number of rotatable bonds is 6. The van der Waals surface area contributed by atoms with Crippen LogP contribution in [0.5, 0.6) is 5.75 Å². The second kappa shape index (κ2) is 8.86. The van der Waals surface area contributed by atoms with Crippen molar-refractivity contribution in [3.8, 4) is 5.75 Å². The molecule has 1 heterocycles. The van der Waals surface area contributed by atoms with Crippen LogP contribution in [-0.2, 0) is 11.3 Å². The normalized spacial score (nSPS) is 14.5. The summed E-state index contributed by atoms with van der Waals surface area (Å²) in [5, 5.41) is 0. The number of anilines is 1. The minimum absolute atomic E-state index is 0.138. The third kappa shape index (κ3) is 5.20.